The predicted octanol–water partition coefficient (Wildman–Crippen LogP) is 2.63. The van der Waals surface area contributed by atoms with E-state index in [-0.39, 0.29) is 16.8 Å². The van der Waals surface area contributed by atoms with Crippen LogP contribution in [0, 0.1) is 5.41 Å². The first-order valence-electron chi connectivity index (χ1n) is 4.73. The van der Waals surface area contributed by atoms with E-state index in [1.54, 1.807) is 0 Å². The molecule has 0 radical (unpaired) electrons. The van der Waals surface area contributed by atoms with Crippen molar-refractivity contribution in [1.29, 1.82) is 0 Å². The second-order valence-corrected chi connectivity index (χ2v) is 8.12. The number of rotatable bonds is 4. The van der Waals surface area contributed by atoms with Crippen LogP contribution in [0.1, 0.15) is 20.8 Å². The van der Waals surface area contributed by atoms with Gasteiger partial charge in [0.2, 0.25) is 0 Å². The Hall–Kier alpha value is 0.877. The van der Waals surface area contributed by atoms with Crippen LogP contribution >= 0.6 is 25.3 Å². The quantitative estimate of drug-likeness (QED) is 0.565. The van der Waals surface area contributed by atoms with E-state index < -0.39 is 9.04 Å². The molecule has 0 aromatic rings. The zero-order valence-corrected chi connectivity index (χ0v) is 12.2. The van der Waals surface area contributed by atoms with Crippen molar-refractivity contribution >= 4 is 34.3 Å². The van der Waals surface area contributed by atoms with Crippen molar-refractivity contribution in [2.45, 2.75) is 45.2 Å². The SMILES string of the molecule is C[SiH](C)OC(C(S)CS)C(C)(C)C. The van der Waals surface area contributed by atoms with Crippen LogP contribution in [-0.2, 0) is 4.43 Å². The Morgan fingerprint density at radius 1 is 1.31 bits per heavy atom. The van der Waals surface area contributed by atoms with Gasteiger partial charge in [-0.3, -0.25) is 0 Å². The fourth-order valence-corrected chi connectivity index (χ4v) is 3.29. The van der Waals surface area contributed by atoms with E-state index >= 15 is 0 Å². The lowest BCUT2D eigenvalue weighted by molar-refractivity contribution is 0.0895. The summed E-state index contributed by atoms with van der Waals surface area (Å²) in [6.45, 7) is 11.0. The van der Waals surface area contributed by atoms with Crippen LogP contribution in [0.2, 0.25) is 13.1 Å². The van der Waals surface area contributed by atoms with Gasteiger partial charge in [0.25, 0.3) is 0 Å². The van der Waals surface area contributed by atoms with Crippen molar-refractivity contribution in [2.75, 3.05) is 5.75 Å². The molecule has 4 heteroatoms. The molecule has 0 spiro atoms. The smallest absolute Gasteiger partial charge is 0.171 e. The molecule has 0 aliphatic carbocycles. The summed E-state index contributed by atoms with van der Waals surface area (Å²) in [4.78, 5) is 0. The van der Waals surface area contributed by atoms with Crippen molar-refractivity contribution in [3.05, 3.63) is 0 Å². The molecule has 2 atom stereocenters. The molecule has 0 fully saturated rings. The average Bonchev–Trinajstić information content (AvgIpc) is 1.96. The lowest BCUT2D eigenvalue weighted by atomic mass is 9.87. The average molecular weight is 238 g/mol. The molecule has 2 unspecified atom stereocenters. The van der Waals surface area contributed by atoms with Gasteiger partial charge in [-0.1, -0.05) is 20.8 Å². The van der Waals surface area contributed by atoms with Gasteiger partial charge in [-0.2, -0.15) is 25.3 Å². The molecule has 0 saturated carbocycles. The van der Waals surface area contributed by atoms with Gasteiger partial charge in [0.05, 0.1) is 6.10 Å². The van der Waals surface area contributed by atoms with Gasteiger partial charge < -0.3 is 4.43 Å². The van der Waals surface area contributed by atoms with Crippen LogP contribution in [0.4, 0.5) is 0 Å². The fraction of sp³-hybridized carbons (Fsp3) is 1.00. The molecule has 0 aliphatic rings. The van der Waals surface area contributed by atoms with Crippen molar-refractivity contribution in [3.8, 4) is 0 Å². The second-order valence-electron chi connectivity index (χ2n) is 4.72. The summed E-state index contributed by atoms with van der Waals surface area (Å²) in [5, 5.41) is 0.234. The van der Waals surface area contributed by atoms with Gasteiger partial charge in [-0.15, -0.1) is 0 Å². The Bertz CT molecular complexity index is 145. The van der Waals surface area contributed by atoms with E-state index in [0.29, 0.717) is 0 Å². The Labute approximate surface area is 95.2 Å². The minimum Gasteiger partial charge on any atom is -0.416 e. The minimum absolute atomic E-state index is 0.159. The minimum atomic E-state index is -0.981. The van der Waals surface area contributed by atoms with Gasteiger partial charge in [0.15, 0.2) is 9.04 Å². The highest BCUT2D eigenvalue weighted by molar-refractivity contribution is 7.84. The van der Waals surface area contributed by atoms with E-state index in [2.05, 4.69) is 59.1 Å². The molecule has 0 saturated heterocycles. The first kappa shape index (κ1) is 13.9. The molecule has 0 aromatic heterocycles. The summed E-state index contributed by atoms with van der Waals surface area (Å²) >= 11 is 8.78. The molecular weight excluding hydrogens is 216 g/mol. The molecule has 0 bridgehead atoms. The van der Waals surface area contributed by atoms with Crippen LogP contribution in [-0.4, -0.2) is 26.1 Å². The fourth-order valence-electron chi connectivity index (χ4n) is 1.26. The van der Waals surface area contributed by atoms with E-state index in [9.17, 15) is 0 Å². The summed E-state index contributed by atoms with van der Waals surface area (Å²) in [5.74, 6) is 0.770. The molecular formula is C9H22OS2Si. The van der Waals surface area contributed by atoms with E-state index in [1.807, 2.05) is 0 Å². The van der Waals surface area contributed by atoms with E-state index in [4.69, 9.17) is 4.43 Å². The van der Waals surface area contributed by atoms with Crippen molar-refractivity contribution in [1.82, 2.24) is 0 Å². The van der Waals surface area contributed by atoms with Crippen LogP contribution in [0.5, 0.6) is 0 Å². The lowest BCUT2D eigenvalue weighted by Crippen LogP contribution is -2.41. The third kappa shape index (κ3) is 5.35. The number of hydrogen-bond acceptors (Lipinski definition) is 3. The third-order valence-electron chi connectivity index (χ3n) is 1.81. The lowest BCUT2D eigenvalue weighted by Gasteiger charge is -2.36. The topological polar surface area (TPSA) is 9.23 Å². The molecule has 0 rings (SSSR count). The normalized spacial score (nSPS) is 17.5. The molecule has 0 N–H and O–H groups in total. The first-order chi connectivity index (χ1) is 5.79. The Morgan fingerprint density at radius 3 is 2.00 bits per heavy atom. The maximum Gasteiger partial charge on any atom is 0.171 e. The van der Waals surface area contributed by atoms with Crippen LogP contribution in [0.25, 0.3) is 0 Å². The van der Waals surface area contributed by atoms with Gasteiger partial charge in [-0.05, 0) is 18.5 Å². The summed E-state index contributed by atoms with van der Waals surface area (Å²) in [6, 6.07) is 0. The Kier molecular flexibility index (Phi) is 6.07. The molecule has 80 valence electrons. The maximum absolute atomic E-state index is 5.98. The van der Waals surface area contributed by atoms with Gasteiger partial charge >= 0.3 is 0 Å². The zero-order chi connectivity index (χ0) is 10.6. The van der Waals surface area contributed by atoms with Crippen molar-refractivity contribution in [3.63, 3.8) is 0 Å². The summed E-state index contributed by atoms with van der Waals surface area (Å²) < 4.78 is 5.98. The summed E-state index contributed by atoms with van der Waals surface area (Å²) in [7, 11) is -0.981. The van der Waals surface area contributed by atoms with Crippen molar-refractivity contribution < 1.29 is 4.43 Å². The summed E-state index contributed by atoms with van der Waals surface area (Å²) in [5.41, 5.74) is 0.159. The highest BCUT2D eigenvalue weighted by Crippen LogP contribution is 2.28. The molecule has 0 heterocycles. The van der Waals surface area contributed by atoms with Gasteiger partial charge in [-0.25, -0.2) is 0 Å². The third-order valence-corrected chi connectivity index (χ3v) is 3.78. The highest BCUT2D eigenvalue weighted by Gasteiger charge is 2.30. The Morgan fingerprint density at radius 2 is 1.77 bits per heavy atom. The summed E-state index contributed by atoms with van der Waals surface area (Å²) in [6.07, 6.45) is 0.222. The van der Waals surface area contributed by atoms with Crippen molar-refractivity contribution in [2.24, 2.45) is 5.41 Å². The van der Waals surface area contributed by atoms with Crippen LogP contribution in [0.15, 0.2) is 0 Å². The highest BCUT2D eigenvalue weighted by atomic mass is 32.1. The Balaban J connectivity index is 4.37. The van der Waals surface area contributed by atoms with Crippen LogP contribution in [0.3, 0.4) is 0 Å². The zero-order valence-electron chi connectivity index (χ0n) is 9.24. The number of hydrogen-bond donors (Lipinski definition) is 2. The standard InChI is InChI=1S/C9H22OS2Si/c1-9(2,3)8(7(12)6-11)10-13(4)5/h7-8,11-13H,6H2,1-5H3. The van der Waals surface area contributed by atoms with Gasteiger partial charge in [0, 0.05) is 11.0 Å². The molecule has 1 nitrogen and oxygen atoms in total. The van der Waals surface area contributed by atoms with Crippen LogP contribution < -0.4 is 0 Å². The van der Waals surface area contributed by atoms with Gasteiger partial charge in [0.1, 0.15) is 0 Å². The van der Waals surface area contributed by atoms with E-state index in [1.165, 1.54) is 0 Å². The first-order valence-corrected chi connectivity index (χ1v) is 8.66. The second kappa shape index (κ2) is 5.68. The molecule has 0 amide bonds. The monoisotopic (exact) mass is 238 g/mol. The molecule has 13 heavy (non-hydrogen) atoms. The maximum atomic E-state index is 5.98. The molecule has 0 aliphatic heterocycles. The number of thiol groups is 2. The molecule has 0 aromatic carbocycles. The largest absolute Gasteiger partial charge is 0.416 e. The predicted molar refractivity (Wildman–Crippen MR) is 69.8 cm³/mol. The van der Waals surface area contributed by atoms with E-state index in [0.717, 1.165) is 5.75 Å².